The summed E-state index contributed by atoms with van der Waals surface area (Å²) in [5.74, 6) is 0.994. The summed E-state index contributed by atoms with van der Waals surface area (Å²) in [5.41, 5.74) is 8.34. The van der Waals surface area contributed by atoms with Gasteiger partial charge in [0.2, 0.25) is 0 Å². The van der Waals surface area contributed by atoms with Crippen molar-refractivity contribution in [3.63, 3.8) is 0 Å². The van der Waals surface area contributed by atoms with Crippen molar-refractivity contribution in [2.75, 3.05) is 5.73 Å². The summed E-state index contributed by atoms with van der Waals surface area (Å²) in [4.78, 5) is 13.5. The van der Waals surface area contributed by atoms with Crippen LogP contribution in [0, 0.1) is 0 Å². The highest BCUT2D eigenvalue weighted by molar-refractivity contribution is 7.10. The van der Waals surface area contributed by atoms with Crippen LogP contribution in [0.4, 0.5) is 5.69 Å². The number of nitrogen functional groups attached to an aromatic ring is 1. The molecule has 0 bridgehead atoms. The zero-order valence-corrected chi connectivity index (χ0v) is 12.4. The van der Waals surface area contributed by atoms with Gasteiger partial charge in [0.05, 0.1) is 17.7 Å². The molecule has 1 aliphatic rings. The van der Waals surface area contributed by atoms with E-state index in [-0.39, 0.29) is 11.9 Å². The van der Waals surface area contributed by atoms with Gasteiger partial charge in [-0.1, -0.05) is 19.9 Å². The lowest BCUT2D eigenvalue weighted by molar-refractivity contribution is 0.0855. The van der Waals surface area contributed by atoms with Crippen molar-refractivity contribution in [3.05, 3.63) is 45.6 Å². The Labute approximate surface area is 122 Å². The summed E-state index contributed by atoms with van der Waals surface area (Å²) in [6.45, 7) is 4.17. The molecule has 2 N–H and O–H groups in total. The molecular formula is C16H17NO2S. The van der Waals surface area contributed by atoms with E-state index in [1.807, 2.05) is 29.6 Å². The van der Waals surface area contributed by atoms with Crippen LogP contribution in [0.1, 0.15) is 53.1 Å². The van der Waals surface area contributed by atoms with E-state index < -0.39 is 0 Å². The molecule has 1 unspecified atom stereocenters. The molecule has 3 rings (SSSR count). The quantitative estimate of drug-likeness (QED) is 0.844. The van der Waals surface area contributed by atoms with Crippen LogP contribution >= 0.6 is 11.3 Å². The van der Waals surface area contributed by atoms with Crippen molar-refractivity contribution in [3.8, 4) is 5.75 Å². The number of benzene rings is 1. The van der Waals surface area contributed by atoms with E-state index in [2.05, 4.69) is 13.8 Å². The smallest absolute Gasteiger partial charge is 0.170 e. The van der Waals surface area contributed by atoms with Crippen LogP contribution < -0.4 is 10.5 Å². The van der Waals surface area contributed by atoms with E-state index in [4.69, 9.17) is 10.5 Å². The lowest BCUT2D eigenvalue weighted by Crippen LogP contribution is -2.21. The zero-order chi connectivity index (χ0) is 14.3. The summed E-state index contributed by atoms with van der Waals surface area (Å²) >= 11 is 1.60. The molecule has 0 saturated carbocycles. The molecule has 0 radical (unpaired) electrons. The van der Waals surface area contributed by atoms with E-state index in [0.29, 0.717) is 29.3 Å². The van der Waals surface area contributed by atoms with Crippen molar-refractivity contribution in [2.24, 2.45) is 0 Å². The number of ketones is 1. The standard InChI is InChI=1S/C16H17NO2S/c1-9(2)10-6-11-13(18)8-14(15-4-3-5-20-15)19-16(11)12(17)7-10/h3-7,9,14H,8,17H2,1-2H3. The Morgan fingerprint density at radius 3 is 2.85 bits per heavy atom. The summed E-state index contributed by atoms with van der Waals surface area (Å²) in [6, 6.07) is 7.79. The third kappa shape index (κ3) is 2.20. The largest absolute Gasteiger partial charge is 0.481 e. The van der Waals surface area contributed by atoms with Gasteiger partial charge in [-0.25, -0.2) is 0 Å². The normalized spacial score (nSPS) is 17.9. The number of thiophene rings is 1. The number of hydrogen-bond acceptors (Lipinski definition) is 4. The van der Waals surface area contributed by atoms with Gasteiger partial charge in [-0.05, 0) is 35.1 Å². The van der Waals surface area contributed by atoms with Gasteiger partial charge in [-0.2, -0.15) is 0 Å². The van der Waals surface area contributed by atoms with Crippen molar-refractivity contribution < 1.29 is 9.53 Å². The first-order chi connectivity index (χ1) is 9.56. The number of Topliss-reactive ketones (excluding diaryl/α,β-unsaturated/α-hetero) is 1. The fourth-order valence-electron chi connectivity index (χ4n) is 2.44. The Hall–Kier alpha value is -1.81. The van der Waals surface area contributed by atoms with Gasteiger partial charge in [0.1, 0.15) is 6.10 Å². The number of ether oxygens (including phenoxy) is 1. The Morgan fingerprint density at radius 2 is 2.20 bits per heavy atom. The van der Waals surface area contributed by atoms with Gasteiger partial charge in [0.25, 0.3) is 0 Å². The van der Waals surface area contributed by atoms with Gasteiger partial charge in [0.15, 0.2) is 11.5 Å². The number of nitrogens with two attached hydrogens (primary N) is 1. The van der Waals surface area contributed by atoms with Gasteiger partial charge in [0, 0.05) is 4.88 Å². The minimum absolute atomic E-state index is 0.110. The first-order valence-corrected chi connectivity index (χ1v) is 7.61. The minimum Gasteiger partial charge on any atom is -0.481 e. The highest BCUT2D eigenvalue weighted by atomic mass is 32.1. The highest BCUT2D eigenvalue weighted by Gasteiger charge is 2.30. The molecule has 0 spiro atoms. The van der Waals surface area contributed by atoms with E-state index in [0.717, 1.165) is 10.4 Å². The predicted molar refractivity (Wildman–Crippen MR) is 81.6 cm³/mol. The Bertz CT molecular complexity index is 647. The molecule has 0 amide bonds. The van der Waals surface area contributed by atoms with E-state index in [1.54, 1.807) is 11.3 Å². The third-order valence-corrected chi connectivity index (χ3v) is 4.56. The molecule has 1 aromatic carbocycles. The summed E-state index contributed by atoms with van der Waals surface area (Å²) < 4.78 is 5.98. The molecule has 2 heterocycles. The first kappa shape index (κ1) is 13.2. The van der Waals surface area contributed by atoms with Crippen LogP contribution in [-0.2, 0) is 0 Å². The zero-order valence-electron chi connectivity index (χ0n) is 11.6. The van der Waals surface area contributed by atoms with Crippen LogP contribution in [-0.4, -0.2) is 5.78 Å². The molecule has 4 heteroatoms. The lowest BCUT2D eigenvalue weighted by atomic mass is 9.93. The van der Waals surface area contributed by atoms with E-state index in [9.17, 15) is 4.79 Å². The van der Waals surface area contributed by atoms with Crippen LogP contribution in [0.5, 0.6) is 5.75 Å². The second-order valence-electron chi connectivity index (χ2n) is 5.39. The topological polar surface area (TPSA) is 52.3 Å². The molecule has 20 heavy (non-hydrogen) atoms. The van der Waals surface area contributed by atoms with Crippen molar-refractivity contribution in [1.82, 2.24) is 0 Å². The van der Waals surface area contributed by atoms with E-state index >= 15 is 0 Å². The number of anilines is 1. The minimum atomic E-state index is -0.206. The molecule has 1 aromatic heterocycles. The fraction of sp³-hybridized carbons (Fsp3) is 0.312. The molecule has 0 fully saturated rings. The molecule has 2 aromatic rings. The fourth-order valence-corrected chi connectivity index (χ4v) is 3.20. The van der Waals surface area contributed by atoms with Crippen LogP contribution in [0.3, 0.4) is 0 Å². The van der Waals surface area contributed by atoms with E-state index in [1.165, 1.54) is 0 Å². The Morgan fingerprint density at radius 1 is 1.40 bits per heavy atom. The molecular weight excluding hydrogens is 270 g/mol. The van der Waals surface area contributed by atoms with Gasteiger partial charge in [-0.15, -0.1) is 11.3 Å². The van der Waals surface area contributed by atoms with Gasteiger partial charge < -0.3 is 10.5 Å². The van der Waals surface area contributed by atoms with Crippen LogP contribution in [0.15, 0.2) is 29.6 Å². The van der Waals surface area contributed by atoms with Crippen molar-refractivity contribution in [2.45, 2.75) is 32.3 Å². The number of fused-ring (bicyclic) bond motifs is 1. The molecule has 1 atom stereocenters. The second-order valence-corrected chi connectivity index (χ2v) is 6.37. The second kappa shape index (κ2) is 4.94. The third-order valence-electron chi connectivity index (χ3n) is 3.60. The molecule has 0 saturated heterocycles. The highest BCUT2D eigenvalue weighted by Crippen LogP contribution is 2.41. The predicted octanol–water partition coefficient (Wildman–Crippen LogP) is 4.16. The Kier molecular flexibility index (Phi) is 3.26. The number of hydrogen-bond donors (Lipinski definition) is 1. The van der Waals surface area contributed by atoms with Gasteiger partial charge >= 0.3 is 0 Å². The summed E-state index contributed by atoms with van der Waals surface area (Å²) in [7, 11) is 0. The first-order valence-electron chi connectivity index (χ1n) is 6.73. The van der Waals surface area contributed by atoms with Crippen LogP contribution in [0.25, 0.3) is 0 Å². The Balaban J connectivity index is 2.03. The lowest BCUT2D eigenvalue weighted by Gasteiger charge is -2.26. The summed E-state index contributed by atoms with van der Waals surface area (Å²) in [5, 5.41) is 1.99. The summed E-state index contributed by atoms with van der Waals surface area (Å²) in [6.07, 6.45) is 0.177. The molecule has 1 aliphatic heterocycles. The SMILES string of the molecule is CC(C)c1cc(N)c2c(c1)C(=O)CC(c1cccs1)O2. The molecule has 3 nitrogen and oxygen atoms in total. The number of rotatable bonds is 2. The maximum atomic E-state index is 12.4. The monoisotopic (exact) mass is 287 g/mol. The maximum Gasteiger partial charge on any atom is 0.170 e. The van der Waals surface area contributed by atoms with Crippen LogP contribution in [0.2, 0.25) is 0 Å². The van der Waals surface area contributed by atoms with Crippen molar-refractivity contribution in [1.29, 1.82) is 0 Å². The van der Waals surface area contributed by atoms with Gasteiger partial charge in [-0.3, -0.25) is 4.79 Å². The van der Waals surface area contributed by atoms with Crippen molar-refractivity contribution >= 4 is 22.8 Å². The number of carbonyl (C=O) groups excluding carboxylic acids is 1. The maximum absolute atomic E-state index is 12.4. The average Bonchev–Trinajstić information content (AvgIpc) is 2.93. The average molecular weight is 287 g/mol. The molecule has 104 valence electrons. The molecule has 0 aliphatic carbocycles. The number of carbonyl (C=O) groups is 1.